The molecule has 3 nitrogen and oxygen atoms in total. The van der Waals surface area contributed by atoms with Crippen LogP contribution in [0.4, 0.5) is 0 Å². The minimum absolute atomic E-state index is 0.203. The zero-order chi connectivity index (χ0) is 18.7. The van der Waals surface area contributed by atoms with Crippen LogP contribution in [0.2, 0.25) is 0 Å². The molecule has 0 spiro atoms. The number of carbonyl (C=O) groups is 2. The van der Waals surface area contributed by atoms with Crippen molar-refractivity contribution >= 4 is 12.1 Å². The molecule has 1 N–H and O–H groups in total. The first-order valence-electron chi connectivity index (χ1n) is 10.2. The molecule has 0 aliphatic heterocycles. The van der Waals surface area contributed by atoms with Crippen LogP contribution in [0, 0.1) is 46.3 Å². The predicted octanol–water partition coefficient (Wildman–Crippen LogP) is 3.70. The largest absolute Gasteiger partial charge is 0.377 e. The second kappa shape index (κ2) is 5.80. The topological polar surface area (TPSA) is 54.4 Å². The number of rotatable bonds is 1. The maximum atomic E-state index is 12.4. The molecule has 0 saturated heterocycles. The summed E-state index contributed by atoms with van der Waals surface area (Å²) >= 11 is 0. The Morgan fingerprint density at radius 1 is 1.23 bits per heavy atom. The molecule has 0 aromatic carbocycles. The molecule has 0 unspecified atom stereocenters. The van der Waals surface area contributed by atoms with Gasteiger partial charge in [0, 0.05) is 18.3 Å². The van der Waals surface area contributed by atoms with Crippen LogP contribution < -0.4 is 0 Å². The number of aldehydes is 1. The van der Waals surface area contributed by atoms with Crippen LogP contribution in [0.25, 0.3) is 0 Å². The van der Waals surface area contributed by atoms with E-state index in [-0.39, 0.29) is 11.2 Å². The minimum Gasteiger partial charge on any atom is -0.377 e. The highest BCUT2D eigenvalue weighted by Gasteiger charge is 2.65. The Balaban J connectivity index is 1.78. The van der Waals surface area contributed by atoms with Crippen LogP contribution in [-0.4, -0.2) is 22.8 Å². The molecule has 4 aliphatic rings. The normalized spacial score (nSPS) is 49.8. The molecule has 0 radical (unpaired) electrons. The van der Waals surface area contributed by atoms with Crippen LogP contribution in [0.5, 0.6) is 0 Å². The zero-order valence-corrected chi connectivity index (χ0v) is 16.2. The number of aliphatic hydroxyl groups is 1. The van der Waals surface area contributed by atoms with Gasteiger partial charge in [-0.1, -0.05) is 31.4 Å². The molecule has 0 aromatic heterocycles. The van der Waals surface area contributed by atoms with Crippen LogP contribution >= 0.6 is 0 Å². The zero-order valence-electron chi connectivity index (χ0n) is 16.2. The van der Waals surface area contributed by atoms with E-state index in [4.69, 9.17) is 0 Å². The second-order valence-electron chi connectivity index (χ2n) is 9.45. The van der Waals surface area contributed by atoms with Crippen molar-refractivity contribution in [3.8, 4) is 11.8 Å². The highest BCUT2D eigenvalue weighted by Crippen LogP contribution is 2.67. The molecular formula is C23H30O3. The van der Waals surface area contributed by atoms with Crippen molar-refractivity contribution < 1.29 is 14.7 Å². The molecule has 0 amide bonds. The van der Waals surface area contributed by atoms with Crippen molar-refractivity contribution in [1.29, 1.82) is 0 Å². The molecule has 26 heavy (non-hydrogen) atoms. The van der Waals surface area contributed by atoms with Gasteiger partial charge in [0.05, 0.1) is 5.41 Å². The molecule has 4 aliphatic carbocycles. The van der Waals surface area contributed by atoms with E-state index in [1.807, 2.05) is 0 Å². The van der Waals surface area contributed by atoms with Gasteiger partial charge in [-0.15, -0.1) is 5.92 Å². The van der Waals surface area contributed by atoms with Gasteiger partial charge in [-0.25, -0.2) is 0 Å². The van der Waals surface area contributed by atoms with Gasteiger partial charge in [0.2, 0.25) is 0 Å². The van der Waals surface area contributed by atoms with Gasteiger partial charge in [0.1, 0.15) is 17.7 Å². The maximum Gasteiger partial charge on any atom is 0.137 e. The molecule has 0 bridgehead atoms. The molecule has 0 heterocycles. The Bertz CT molecular complexity index is 740. The summed E-state index contributed by atoms with van der Waals surface area (Å²) in [6, 6.07) is 0. The van der Waals surface area contributed by atoms with Crippen molar-refractivity contribution in [3.05, 3.63) is 11.6 Å². The average molecular weight is 354 g/mol. The van der Waals surface area contributed by atoms with Gasteiger partial charge in [-0.2, -0.15) is 0 Å². The second-order valence-corrected chi connectivity index (χ2v) is 9.45. The summed E-state index contributed by atoms with van der Waals surface area (Å²) in [7, 11) is 0. The lowest BCUT2D eigenvalue weighted by Gasteiger charge is -2.58. The summed E-state index contributed by atoms with van der Waals surface area (Å²) in [5, 5.41) is 11.3. The van der Waals surface area contributed by atoms with Gasteiger partial charge in [-0.05, 0) is 62.7 Å². The Kier molecular flexibility index (Phi) is 4.01. The van der Waals surface area contributed by atoms with E-state index in [2.05, 4.69) is 31.8 Å². The monoisotopic (exact) mass is 354 g/mol. The Labute approximate surface area is 156 Å². The van der Waals surface area contributed by atoms with Crippen LogP contribution in [0.3, 0.4) is 0 Å². The fourth-order valence-electron chi connectivity index (χ4n) is 7.22. The lowest BCUT2D eigenvalue weighted by atomic mass is 9.45. The van der Waals surface area contributed by atoms with Crippen LogP contribution in [0.1, 0.15) is 65.7 Å². The quantitative estimate of drug-likeness (QED) is 0.444. The van der Waals surface area contributed by atoms with Crippen LogP contribution in [0.15, 0.2) is 11.6 Å². The number of allylic oxidation sites excluding steroid dienone is 2. The molecule has 3 heteroatoms. The summed E-state index contributed by atoms with van der Waals surface area (Å²) in [5.74, 6) is 7.78. The average Bonchev–Trinajstić information content (AvgIpc) is 2.86. The molecule has 3 saturated carbocycles. The summed E-state index contributed by atoms with van der Waals surface area (Å²) in [4.78, 5) is 24.4. The third-order valence-electron chi connectivity index (χ3n) is 8.56. The fraction of sp³-hybridized carbons (Fsp3) is 0.739. The smallest absolute Gasteiger partial charge is 0.137 e. The molecule has 7 atom stereocenters. The van der Waals surface area contributed by atoms with Gasteiger partial charge in [0.15, 0.2) is 0 Å². The van der Waals surface area contributed by atoms with Gasteiger partial charge < -0.3 is 9.90 Å². The number of carbonyl (C=O) groups excluding carboxylic acids is 2. The van der Waals surface area contributed by atoms with E-state index in [9.17, 15) is 14.7 Å². The molecular weight excluding hydrogens is 324 g/mol. The van der Waals surface area contributed by atoms with Gasteiger partial charge in [0.25, 0.3) is 0 Å². The predicted molar refractivity (Wildman–Crippen MR) is 100 cm³/mol. The summed E-state index contributed by atoms with van der Waals surface area (Å²) in [6.45, 7) is 6.27. The third kappa shape index (κ3) is 2.12. The number of fused-ring (bicyclic) bond motifs is 5. The van der Waals surface area contributed by atoms with Crippen molar-refractivity contribution in [2.45, 2.75) is 71.3 Å². The Morgan fingerprint density at radius 3 is 2.65 bits per heavy atom. The fourth-order valence-corrected chi connectivity index (χ4v) is 7.22. The molecule has 0 aromatic rings. The van der Waals surface area contributed by atoms with Gasteiger partial charge in [-0.3, -0.25) is 4.79 Å². The summed E-state index contributed by atoms with van der Waals surface area (Å²) in [5.41, 5.74) is -0.463. The van der Waals surface area contributed by atoms with Gasteiger partial charge >= 0.3 is 0 Å². The minimum atomic E-state index is -0.905. The molecule has 140 valence electrons. The SMILES string of the molecule is CC#C[C@]1(O)CC[C@H]2[C@@H]3[C@H](C)C=C4CC(=O)CC[C@]4(C=O)[C@H]3CC[C@@]21C. The van der Waals surface area contributed by atoms with E-state index in [1.54, 1.807) is 6.92 Å². The maximum absolute atomic E-state index is 12.4. The lowest BCUT2D eigenvalue weighted by molar-refractivity contribution is -0.136. The van der Waals surface area contributed by atoms with E-state index < -0.39 is 11.0 Å². The van der Waals surface area contributed by atoms with Crippen molar-refractivity contribution in [1.82, 2.24) is 0 Å². The highest BCUT2D eigenvalue weighted by atomic mass is 16.3. The number of Topliss-reactive ketones (excluding diaryl/α,β-unsaturated/α-hetero) is 1. The lowest BCUT2D eigenvalue weighted by Crippen LogP contribution is -2.56. The summed E-state index contributed by atoms with van der Waals surface area (Å²) in [6.07, 6.45) is 8.63. The highest BCUT2D eigenvalue weighted by molar-refractivity contribution is 5.86. The number of hydrogen-bond donors (Lipinski definition) is 1. The summed E-state index contributed by atoms with van der Waals surface area (Å²) < 4.78 is 0. The number of hydrogen-bond acceptors (Lipinski definition) is 3. The van der Waals surface area contributed by atoms with Crippen molar-refractivity contribution in [2.24, 2.45) is 34.5 Å². The van der Waals surface area contributed by atoms with E-state index >= 15 is 0 Å². The molecule has 4 rings (SSSR count). The number of ketones is 1. The first-order valence-corrected chi connectivity index (χ1v) is 10.2. The Hall–Kier alpha value is -1.40. The standard InChI is InChI=1S/C23H30O3/c1-4-8-23(26)11-7-18-20-15(2)12-16-13-17(25)5-10-22(16,14-24)19(20)6-9-21(18,23)3/h12,14-15,18-20,26H,5-7,9-11,13H2,1-3H3/t15-,18+,19+,20+,21+,22-,23+/m1/s1. The first kappa shape index (κ1) is 18.0. The van der Waals surface area contributed by atoms with Crippen molar-refractivity contribution in [2.75, 3.05) is 0 Å². The van der Waals surface area contributed by atoms with E-state index in [0.29, 0.717) is 42.9 Å². The first-order chi connectivity index (χ1) is 12.3. The third-order valence-corrected chi connectivity index (χ3v) is 8.56. The van der Waals surface area contributed by atoms with Crippen LogP contribution in [-0.2, 0) is 9.59 Å². The van der Waals surface area contributed by atoms with E-state index in [1.165, 1.54) is 6.29 Å². The van der Waals surface area contributed by atoms with E-state index in [0.717, 1.165) is 31.3 Å². The Morgan fingerprint density at radius 2 is 1.96 bits per heavy atom. The molecule has 3 fully saturated rings. The van der Waals surface area contributed by atoms with Crippen molar-refractivity contribution in [3.63, 3.8) is 0 Å².